The number of hydrogen-bond donors (Lipinski definition) is 0. The summed E-state index contributed by atoms with van der Waals surface area (Å²) in [6.07, 6.45) is 0. The molecule has 1 atom stereocenters. The highest BCUT2D eigenvalue weighted by Crippen LogP contribution is 2.44. The fourth-order valence-corrected chi connectivity index (χ4v) is 5.25. The number of carbonyl (C=O) groups excluding carboxylic acids is 1. The van der Waals surface area contributed by atoms with Crippen LogP contribution in [-0.2, 0) is 0 Å². The van der Waals surface area contributed by atoms with Crippen molar-refractivity contribution in [3.63, 3.8) is 0 Å². The van der Waals surface area contributed by atoms with Crippen molar-refractivity contribution >= 4 is 43.6 Å². The Morgan fingerprint density at radius 2 is 1.85 bits per heavy atom. The molecular formula is C25H15FN2O4S. The van der Waals surface area contributed by atoms with E-state index in [4.69, 9.17) is 9.15 Å². The van der Waals surface area contributed by atoms with Crippen molar-refractivity contribution in [3.8, 4) is 5.75 Å². The van der Waals surface area contributed by atoms with Crippen LogP contribution in [0, 0.1) is 5.82 Å². The van der Waals surface area contributed by atoms with Crippen molar-refractivity contribution in [1.29, 1.82) is 0 Å². The van der Waals surface area contributed by atoms with E-state index in [2.05, 4.69) is 4.98 Å². The molecule has 8 heteroatoms. The fraction of sp³-hybridized carbons (Fsp3) is 0.0800. The van der Waals surface area contributed by atoms with Crippen LogP contribution in [0.1, 0.15) is 27.7 Å². The largest absolute Gasteiger partial charge is 0.497 e. The fourth-order valence-electron chi connectivity index (χ4n) is 4.23. The van der Waals surface area contributed by atoms with E-state index in [1.54, 1.807) is 61.7 Å². The van der Waals surface area contributed by atoms with Crippen molar-refractivity contribution in [2.24, 2.45) is 0 Å². The molecule has 0 saturated heterocycles. The second kappa shape index (κ2) is 7.25. The third-order valence-corrected chi connectivity index (χ3v) is 6.79. The molecule has 3 aromatic carbocycles. The zero-order valence-electron chi connectivity index (χ0n) is 17.2. The summed E-state index contributed by atoms with van der Waals surface area (Å²) in [7, 11) is 1.57. The van der Waals surface area contributed by atoms with Gasteiger partial charge in [0.2, 0.25) is 5.76 Å². The van der Waals surface area contributed by atoms with Crippen LogP contribution in [0.3, 0.4) is 0 Å². The molecule has 3 heterocycles. The van der Waals surface area contributed by atoms with E-state index in [1.807, 2.05) is 6.07 Å². The molecule has 162 valence electrons. The summed E-state index contributed by atoms with van der Waals surface area (Å²) in [5, 5.41) is 0.674. The summed E-state index contributed by atoms with van der Waals surface area (Å²) < 4.78 is 27.0. The first kappa shape index (κ1) is 19.6. The van der Waals surface area contributed by atoms with E-state index >= 15 is 0 Å². The summed E-state index contributed by atoms with van der Waals surface area (Å²) in [4.78, 5) is 33.1. The van der Waals surface area contributed by atoms with Crippen LogP contribution >= 0.6 is 11.3 Å². The summed E-state index contributed by atoms with van der Waals surface area (Å²) in [6.45, 7) is 0. The number of methoxy groups -OCH3 is 1. The van der Waals surface area contributed by atoms with Crippen molar-refractivity contribution < 1.29 is 18.3 Å². The first-order valence-electron chi connectivity index (χ1n) is 10.1. The number of halogens is 1. The number of fused-ring (bicyclic) bond motifs is 3. The van der Waals surface area contributed by atoms with E-state index in [0.29, 0.717) is 27.4 Å². The number of amides is 1. The number of benzene rings is 3. The van der Waals surface area contributed by atoms with Crippen molar-refractivity contribution in [2.75, 3.05) is 12.0 Å². The number of rotatable bonds is 3. The molecule has 33 heavy (non-hydrogen) atoms. The van der Waals surface area contributed by atoms with Crippen LogP contribution in [-0.4, -0.2) is 18.0 Å². The molecule has 0 fully saturated rings. The predicted molar refractivity (Wildman–Crippen MR) is 124 cm³/mol. The lowest BCUT2D eigenvalue weighted by Crippen LogP contribution is -2.30. The van der Waals surface area contributed by atoms with E-state index in [9.17, 15) is 14.0 Å². The zero-order chi connectivity index (χ0) is 22.7. The summed E-state index contributed by atoms with van der Waals surface area (Å²) in [6, 6.07) is 17.2. The maximum absolute atomic E-state index is 15.0. The SMILES string of the molecule is COc1ccc2nc(N3C(=O)c4oc5ccccc5c(=O)c4[C@H]3c3ccccc3F)sc2c1. The minimum atomic E-state index is -1.00. The molecule has 0 spiro atoms. The number of thiazole rings is 1. The lowest BCUT2D eigenvalue weighted by atomic mass is 9.98. The van der Waals surface area contributed by atoms with E-state index in [0.717, 1.165) is 4.70 Å². The highest BCUT2D eigenvalue weighted by molar-refractivity contribution is 7.22. The highest BCUT2D eigenvalue weighted by Gasteiger charge is 2.45. The lowest BCUT2D eigenvalue weighted by Gasteiger charge is -2.22. The molecule has 2 aromatic heterocycles. The number of carbonyl (C=O) groups is 1. The van der Waals surface area contributed by atoms with Gasteiger partial charge in [-0.2, -0.15) is 0 Å². The van der Waals surface area contributed by atoms with Crippen molar-refractivity contribution in [3.05, 3.63) is 99.7 Å². The Balaban J connectivity index is 1.64. The third kappa shape index (κ3) is 2.87. The van der Waals surface area contributed by atoms with Gasteiger partial charge in [0.15, 0.2) is 10.6 Å². The van der Waals surface area contributed by atoms with Gasteiger partial charge in [0.1, 0.15) is 23.2 Å². The standard InChI is InChI=1S/C25H15FN2O4S/c1-31-13-10-11-17-19(12-13)33-25(27-17)28-21(14-6-2-4-8-16(14)26)20-22(29)15-7-3-5-9-18(15)32-23(20)24(28)30/h2-12,21H,1H3/t21-/m1/s1. The van der Waals surface area contributed by atoms with Gasteiger partial charge in [0.05, 0.1) is 28.3 Å². The number of anilines is 1. The Morgan fingerprint density at radius 3 is 2.67 bits per heavy atom. The van der Waals surface area contributed by atoms with E-state index in [1.165, 1.54) is 22.3 Å². The van der Waals surface area contributed by atoms with Crippen LogP contribution in [0.15, 0.2) is 75.9 Å². The van der Waals surface area contributed by atoms with Crippen LogP contribution in [0.25, 0.3) is 21.2 Å². The van der Waals surface area contributed by atoms with Crippen LogP contribution in [0.2, 0.25) is 0 Å². The van der Waals surface area contributed by atoms with Gasteiger partial charge in [-0.25, -0.2) is 9.37 Å². The molecule has 0 bridgehead atoms. The lowest BCUT2D eigenvalue weighted by molar-refractivity contribution is 0.0971. The average Bonchev–Trinajstić information content (AvgIpc) is 3.37. The van der Waals surface area contributed by atoms with Crippen molar-refractivity contribution in [2.45, 2.75) is 6.04 Å². The minimum Gasteiger partial charge on any atom is -0.497 e. The molecule has 0 unspecified atom stereocenters. The average molecular weight is 458 g/mol. The Hall–Kier alpha value is -4.04. The predicted octanol–water partition coefficient (Wildman–Crippen LogP) is 5.30. The molecule has 0 aliphatic carbocycles. The van der Waals surface area contributed by atoms with Gasteiger partial charge in [-0.05, 0) is 36.4 Å². The molecule has 1 aliphatic rings. The molecule has 6 nitrogen and oxygen atoms in total. The van der Waals surface area contributed by atoms with Gasteiger partial charge in [0.25, 0.3) is 5.91 Å². The second-order valence-electron chi connectivity index (χ2n) is 7.60. The van der Waals surface area contributed by atoms with Gasteiger partial charge in [-0.3, -0.25) is 14.5 Å². The molecule has 1 aliphatic heterocycles. The topological polar surface area (TPSA) is 72.6 Å². The van der Waals surface area contributed by atoms with Crippen LogP contribution < -0.4 is 15.1 Å². The first-order valence-corrected chi connectivity index (χ1v) is 11.0. The number of nitrogens with zero attached hydrogens (tertiary/aromatic N) is 2. The van der Waals surface area contributed by atoms with Gasteiger partial charge in [-0.1, -0.05) is 41.7 Å². The molecule has 1 amide bonds. The van der Waals surface area contributed by atoms with E-state index in [-0.39, 0.29) is 22.3 Å². The molecular weight excluding hydrogens is 443 g/mol. The Morgan fingerprint density at radius 1 is 1.06 bits per heavy atom. The number of aromatic nitrogens is 1. The number of hydrogen-bond acceptors (Lipinski definition) is 6. The minimum absolute atomic E-state index is 0.0937. The number of para-hydroxylation sites is 1. The highest BCUT2D eigenvalue weighted by atomic mass is 32.1. The second-order valence-corrected chi connectivity index (χ2v) is 8.61. The Kier molecular flexibility index (Phi) is 4.31. The molecule has 6 rings (SSSR count). The van der Waals surface area contributed by atoms with Crippen LogP contribution in [0.5, 0.6) is 5.75 Å². The Bertz CT molecular complexity index is 1640. The van der Waals surface area contributed by atoms with Crippen molar-refractivity contribution in [1.82, 2.24) is 4.98 Å². The van der Waals surface area contributed by atoms with E-state index < -0.39 is 17.8 Å². The van der Waals surface area contributed by atoms with Gasteiger partial charge in [0, 0.05) is 5.56 Å². The molecule has 0 N–H and O–H groups in total. The smallest absolute Gasteiger partial charge is 0.297 e. The monoisotopic (exact) mass is 458 g/mol. The Labute approximate surface area is 190 Å². The zero-order valence-corrected chi connectivity index (χ0v) is 18.1. The maximum Gasteiger partial charge on any atom is 0.297 e. The quantitative estimate of drug-likeness (QED) is 0.367. The molecule has 0 radical (unpaired) electrons. The van der Waals surface area contributed by atoms with Crippen LogP contribution in [0.4, 0.5) is 9.52 Å². The summed E-state index contributed by atoms with van der Waals surface area (Å²) in [5.74, 6) is -0.498. The van der Waals surface area contributed by atoms with Gasteiger partial charge < -0.3 is 9.15 Å². The third-order valence-electron chi connectivity index (χ3n) is 5.77. The normalized spacial score (nSPS) is 15.4. The molecule has 0 saturated carbocycles. The first-order chi connectivity index (χ1) is 16.1. The maximum atomic E-state index is 15.0. The summed E-state index contributed by atoms with van der Waals surface area (Å²) >= 11 is 1.26. The molecule has 5 aromatic rings. The van der Waals surface area contributed by atoms with Gasteiger partial charge >= 0.3 is 0 Å². The summed E-state index contributed by atoms with van der Waals surface area (Å²) in [5.41, 5.74) is 0.914. The van der Waals surface area contributed by atoms with Gasteiger partial charge in [-0.15, -0.1) is 0 Å². The number of ether oxygens (including phenoxy) is 1.